The van der Waals surface area contributed by atoms with Gasteiger partial charge in [0.15, 0.2) is 6.29 Å². The molecule has 0 amide bonds. The van der Waals surface area contributed by atoms with Crippen LogP contribution in [0.2, 0.25) is 0 Å². The Labute approximate surface area is 230 Å². The van der Waals surface area contributed by atoms with Crippen molar-refractivity contribution in [2.75, 3.05) is 18.5 Å². The van der Waals surface area contributed by atoms with Gasteiger partial charge in [-0.15, -0.1) is 5.10 Å². The molecule has 0 saturated carbocycles. The smallest absolute Gasteiger partial charge is 0.160 e. The number of hydrogen-bond donors (Lipinski definition) is 1. The van der Waals surface area contributed by atoms with Crippen LogP contribution in [0.3, 0.4) is 0 Å². The van der Waals surface area contributed by atoms with Gasteiger partial charge in [0.2, 0.25) is 0 Å². The number of anilines is 1. The van der Waals surface area contributed by atoms with Crippen molar-refractivity contribution < 1.29 is 9.47 Å². The van der Waals surface area contributed by atoms with Crippen LogP contribution in [0, 0.1) is 6.92 Å². The standard InChI is InChI=1S/C33H36N4O2/c1-4-38-31(39-5-2)24-33(27-17-8-6-9-18-27,37-30-22-13-12-21-29(30)35-36-37)32(26-16-14-15-25(3)23-26)34-28-19-10-7-11-20-28/h6-23,31-32,34H,4-5,24H2,1-3H3. The molecule has 1 N–H and O–H groups in total. The first-order chi connectivity index (χ1) is 19.2. The van der Waals surface area contributed by atoms with E-state index in [4.69, 9.17) is 14.7 Å². The van der Waals surface area contributed by atoms with Gasteiger partial charge in [-0.05, 0) is 56.2 Å². The van der Waals surface area contributed by atoms with Gasteiger partial charge >= 0.3 is 0 Å². The van der Waals surface area contributed by atoms with Gasteiger partial charge in [0.25, 0.3) is 0 Å². The van der Waals surface area contributed by atoms with Crippen molar-refractivity contribution in [1.82, 2.24) is 15.0 Å². The lowest BCUT2D eigenvalue weighted by Gasteiger charge is -2.44. The predicted molar refractivity (Wildman–Crippen MR) is 157 cm³/mol. The third-order valence-electron chi connectivity index (χ3n) is 7.12. The van der Waals surface area contributed by atoms with Gasteiger partial charge in [-0.3, -0.25) is 0 Å². The molecule has 2 atom stereocenters. The number of aromatic nitrogens is 3. The summed E-state index contributed by atoms with van der Waals surface area (Å²) in [6.07, 6.45) is 0.0397. The third kappa shape index (κ3) is 5.58. The van der Waals surface area contributed by atoms with Gasteiger partial charge in [0, 0.05) is 25.3 Å². The Kier molecular flexibility index (Phi) is 8.35. The van der Waals surface area contributed by atoms with E-state index in [9.17, 15) is 0 Å². The van der Waals surface area contributed by atoms with Crippen molar-refractivity contribution in [1.29, 1.82) is 0 Å². The van der Waals surface area contributed by atoms with Crippen molar-refractivity contribution in [3.8, 4) is 0 Å². The van der Waals surface area contributed by atoms with Crippen LogP contribution in [0.5, 0.6) is 0 Å². The molecule has 4 aromatic carbocycles. The van der Waals surface area contributed by atoms with Gasteiger partial charge in [0.05, 0.1) is 11.6 Å². The van der Waals surface area contributed by atoms with Crippen LogP contribution in [0.1, 0.15) is 43.0 Å². The molecule has 5 rings (SSSR count). The van der Waals surface area contributed by atoms with Crippen LogP contribution < -0.4 is 5.32 Å². The molecule has 0 radical (unpaired) electrons. The van der Waals surface area contributed by atoms with Crippen molar-refractivity contribution in [2.24, 2.45) is 0 Å². The highest BCUT2D eigenvalue weighted by Crippen LogP contribution is 2.46. The number of nitrogens with zero attached hydrogens (tertiary/aromatic N) is 3. The zero-order valence-corrected chi connectivity index (χ0v) is 22.8. The fraction of sp³-hybridized carbons (Fsp3) is 0.273. The molecule has 0 aliphatic carbocycles. The summed E-state index contributed by atoms with van der Waals surface area (Å²) in [5.74, 6) is 0. The van der Waals surface area contributed by atoms with Crippen LogP contribution in [0.15, 0.2) is 109 Å². The Morgan fingerprint density at radius 1 is 0.795 bits per heavy atom. The van der Waals surface area contributed by atoms with E-state index in [1.165, 1.54) is 5.56 Å². The first-order valence-electron chi connectivity index (χ1n) is 13.6. The third-order valence-corrected chi connectivity index (χ3v) is 7.12. The number of ether oxygens (including phenoxy) is 2. The summed E-state index contributed by atoms with van der Waals surface area (Å²) in [5.41, 5.74) is 5.41. The molecule has 0 spiro atoms. The summed E-state index contributed by atoms with van der Waals surface area (Å²) < 4.78 is 14.5. The number of para-hydroxylation sites is 2. The zero-order valence-electron chi connectivity index (χ0n) is 22.8. The largest absolute Gasteiger partial charge is 0.375 e. The van der Waals surface area contributed by atoms with E-state index in [1.807, 2.05) is 56.3 Å². The second-order valence-corrected chi connectivity index (χ2v) is 9.68. The van der Waals surface area contributed by atoms with E-state index in [0.29, 0.717) is 19.6 Å². The lowest BCUT2D eigenvalue weighted by molar-refractivity contribution is -0.152. The van der Waals surface area contributed by atoms with Crippen LogP contribution in [-0.2, 0) is 15.0 Å². The molecule has 5 aromatic rings. The molecule has 0 bridgehead atoms. The summed E-state index contributed by atoms with van der Waals surface area (Å²) in [7, 11) is 0. The van der Waals surface area contributed by atoms with Gasteiger partial charge in [-0.25, -0.2) is 4.68 Å². The quantitative estimate of drug-likeness (QED) is 0.177. The maximum absolute atomic E-state index is 6.22. The van der Waals surface area contributed by atoms with Crippen molar-refractivity contribution in [3.05, 3.63) is 126 Å². The second kappa shape index (κ2) is 12.2. The summed E-state index contributed by atoms with van der Waals surface area (Å²) >= 11 is 0. The van der Waals surface area contributed by atoms with Gasteiger partial charge in [0.1, 0.15) is 11.1 Å². The molecular weight excluding hydrogens is 484 g/mol. The lowest BCUT2D eigenvalue weighted by Crippen LogP contribution is -2.48. The number of aryl methyl sites for hydroxylation is 1. The number of rotatable bonds is 12. The molecule has 1 aromatic heterocycles. The summed E-state index contributed by atoms with van der Waals surface area (Å²) in [6, 6.07) is 37.4. The van der Waals surface area contributed by atoms with E-state index in [-0.39, 0.29) is 6.04 Å². The molecule has 0 fully saturated rings. The second-order valence-electron chi connectivity index (χ2n) is 9.68. The average molecular weight is 521 g/mol. The summed E-state index contributed by atoms with van der Waals surface area (Å²) in [6.45, 7) is 7.20. The minimum Gasteiger partial charge on any atom is -0.375 e. The maximum Gasteiger partial charge on any atom is 0.160 e. The maximum atomic E-state index is 6.22. The molecule has 39 heavy (non-hydrogen) atoms. The summed E-state index contributed by atoms with van der Waals surface area (Å²) in [4.78, 5) is 0. The van der Waals surface area contributed by atoms with Gasteiger partial charge in [-0.1, -0.05) is 95.7 Å². The minimum atomic E-state index is -0.782. The van der Waals surface area contributed by atoms with E-state index in [1.54, 1.807) is 0 Å². The molecule has 200 valence electrons. The number of fused-ring (bicyclic) bond motifs is 1. The molecule has 0 aliphatic heterocycles. The Balaban J connectivity index is 1.84. The van der Waals surface area contributed by atoms with Crippen molar-refractivity contribution in [3.63, 3.8) is 0 Å². The predicted octanol–water partition coefficient (Wildman–Crippen LogP) is 7.13. The van der Waals surface area contributed by atoms with Crippen LogP contribution >= 0.6 is 0 Å². The van der Waals surface area contributed by atoms with E-state index in [0.717, 1.165) is 27.8 Å². The highest BCUT2D eigenvalue weighted by molar-refractivity contribution is 5.74. The van der Waals surface area contributed by atoms with Crippen molar-refractivity contribution >= 4 is 16.7 Å². The van der Waals surface area contributed by atoms with Gasteiger partial charge in [-0.2, -0.15) is 0 Å². The van der Waals surface area contributed by atoms with Crippen LogP contribution in [0.25, 0.3) is 11.0 Å². The lowest BCUT2D eigenvalue weighted by atomic mass is 9.75. The Morgan fingerprint density at radius 2 is 1.46 bits per heavy atom. The fourth-order valence-corrected chi connectivity index (χ4v) is 5.44. The first kappa shape index (κ1) is 26.6. The van der Waals surface area contributed by atoms with E-state index < -0.39 is 11.8 Å². The molecule has 6 nitrogen and oxygen atoms in total. The van der Waals surface area contributed by atoms with E-state index >= 15 is 0 Å². The number of benzene rings is 4. The normalized spacial score (nSPS) is 13.8. The van der Waals surface area contributed by atoms with Crippen LogP contribution in [0.4, 0.5) is 5.69 Å². The number of nitrogens with one attached hydrogen (secondary N) is 1. The SMILES string of the molecule is CCOC(CC(c1ccccc1)(C(Nc1ccccc1)c1cccc(C)c1)n1nnc2ccccc21)OCC. The molecule has 1 heterocycles. The summed E-state index contributed by atoms with van der Waals surface area (Å²) in [5, 5.41) is 13.4. The van der Waals surface area contributed by atoms with Crippen molar-refractivity contribution in [2.45, 2.75) is 45.1 Å². The highest BCUT2D eigenvalue weighted by Gasteiger charge is 2.47. The fourth-order valence-electron chi connectivity index (χ4n) is 5.44. The molecule has 2 unspecified atom stereocenters. The number of hydrogen-bond acceptors (Lipinski definition) is 5. The Morgan fingerprint density at radius 3 is 2.15 bits per heavy atom. The molecule has 0 saturated heterocycles. The average Bonchev–Trinajstić information content (AvgIpc) is 3.41. The highest BCUT2D eigenvalue weighted by atomic mass is 16.7. The Hall–Kier alpha value is -4.00. The molecule has 0 aliphatic rings. The zero-order chi connectivity index (χ0) is 27.1. The first-order valence-corrected chi connectivity index (χ1v) is 13.6. The minimum absolute atomic E-state index is 0.254. The topological polar surface area (TPSA) is 61.2 Å². The molecule has 6 heteroatoms. The van der Waals surface area contributed by atoms with Gasteiger partial charge < -0.3 is 14.8 Å². The van der Waals surface area contributed by atoms with Crippen LogP contribution in [-0.4, -0.2) is 34.5 Å². The van der Waals surface area contributed by atoms with E-state index in [2.05, 4.69) is 88.8 Å². The molecular formula is C33H36N4O2. The monoisotopic (exact) mass is 520 g/mol. The Bertz CT molecular complexity index is 1470.